The summed E-state index contributed by atoms with van der Waals surface area (Å²) in [5, 5.41) is 13.5. The van der Waals surface area contributed by atoms with Crippen LogP contribution in [0.1, 0.15) is 0 Å². The third kappa shape index (κ3) is 0.928. The Bertz CT molecular complexity index is 380. The fourth-order valence-electron chi connectivity index (χ4n) is 0.762. The number of nitrogen functional groups attached to an aromatic ring is 1. The summed E-state index contributed by atoms with van der Waals surface area (Å²) in [6, 6.07) is 0. The number of nitrogens with one attached hydrogen (secondary N) is 1. The highest BCUT2D eigenvalue weighted by Crippen LogP contribution is 2.29. The third-order valence-corrected chi connectivity index (χ3v) is 1.67. The summed E-state index contributed by atoms with van der Waals surface area (Å²) in [6.45, 7) is 0. The summed E-state index contributed by atoms with van der Waals surface area (Å²) < 4.78 is 4.81. The van der Waals surface area contributed by atoms with Gasteiger partial charge >= 0.3 is 0 Å². The normalized spacial score (nSPS) is 10.4. The number of anilines is 1. The van der Waals surface area contributed by atoms with Gasteiger partial charge in [0.05, 0.1) is 6.20 Å². The molecule has 0 aliphatic rings. The number of hydrogen-bond acceptors (Lipinski definition) is 5. The van der Waals surface area contributed by atoms with Crippen LogP contribution < -0.4 is 5.73 Å². The van der Waals surface area contributed by atoms with Crippen molar-refractivity contribution in [1.29, 1.82) is 0 Å². The highest BCUT2D eigenvalue weighted by Gasteiger charge is 2.15. The first-order chi connectivity index (χ1) is 5.79. The van der Waals surface area contributed by atoms with E-state index in [2.05, 4.69) is 20.6 Å². The zero-order valence-electron chi connectivity index (χ0n) is 5.78. The highest BCUT2D eigenvalue weighted by molar-refractivity contribution is 6.35. The Morgan fingerprint density at radius 3 is 2.92 bits per heavy atom. The predicted molar refractivity (Wildman–Crippen MR) is 41.3 cm³/mol. The van der Waals surface area contributed by atoms with Crippen molar-refractivity contribution in [1.82, 2.24) is 20.6 Å². The number of H-pyrrole nitrogens is 1. The number of aromatic nitrogens is 4. The van der Waals surface area contributed by atoms with Crippen molar-refractivity contribution in [3.05, 3.63) is 11.2 Å². The lowest BCUT2D eigenvalue weighted by Crippen LogP contribution is -1.83. The summed E-state index contributed by atoms with van der Waals surface area (Å²) in [7, 11) is 0. The molecule has 0 aliphatic heterocycles. The second-order valence-electron chi connectivity index (χ2n) is 2.07. The minimum absolute atomic E-state index is 0.148. The van der Waals surface area contributed by atoms with Gasteiger partial charge in [0.1, 0.15) is 5.02 Å². The van der Waals surface area contributed by atoms with E-state index in [1.165, 1.54) is 6.20 Å². The third-order valence-electron chi connectivity index (χ3n) is 1.31. The van der Waals surface area contributed by atoms with E-state index in [0.717, 1.165) is 0 Å². The highest BCUT2D eigenvalue weighted by atomic mass is 35.5. The van der Waals surface area contributed by atoms with Crippen LogP contribution in [0.25, 0.3) is 11.5 Å². The van der Waals surface area contributed by atoms with Crippen LogP contribution in [0.15, 0.2) is 10.7 Å². The lowest BCUT2D eigenvalue weighted by Gasteiger charge is -1.85. The number of nitrogens with zero attached hydrogens (tertiary/aromatic N) is 3. The SMILES string of the molecule is Nc1noc(-c2cn[nH]n2)c1Cl. The molecular formula is C5H4ClN5O. The number of hydrogen-bond donors (Lipinski definition) is 2. The quantitative estimate of drug-likeness (QED) is 0.682. The molecule has 2 rings (SSSR count). The number of aromatic amines is 1. The minimum atomic E-state index is 0.148. The maximum Gasteiger partial charge on any atom is 0.209 e. The molecule has 0 atom stereocenters. The van der Waals surface area contributed by atoms with E-state index < -0.39 is 0 Å². The van der Waals surface area contributed by atoms with Gasteiger partial charge in [-0.05, 0) is 0 Å². The van der Waals surface area contributed by atoms with Gasteiger partial charge < -0.3 is 10.3 Å². The second-order valence-corrected chi connectivity index (χ2v) is 2.44. The van der Waals surface area contributed by atoms with Crippen molar-refractivity contribution < 1.29 is 4.52 Å². The summed E-state index contributed by atoms with van der Waals surface area (Å²) in [6.07, 6.45) is 1.46. The summed E-state index contributed by atoms with van der Waals surface area (Å²) in [5.41, 5.74) is 5.83. The lowest BCUT2D eigenvalue weighted by atomic mass is 10.3. The van der Waals surface area contributed by atoms with E-state index in [9.17, 15) is 0 Å². The van der Waals surface area contributed by atoms with Gasteiger partial charge in [0.25, 0.3) is 0 Å². The molecule has 0 amide bonds. The van der Waals surface area contributed by atoms with Crippen molar-refractivity contribution in [3.8, 4) is 11.5 Å². The van der Waals surface area contributed by atoms with Gasteiger partial charge in [-0.3, -0.25) is 0 Å². The number of halogens is 1. The predicted octanol–water partition coefficient (Wildman–Crippen LogP) is 0.695. The summed E-state index contributed by atoms with van der Waals surface area (Å²) in [4.78, 5) is 0. The van der Waals surface area contributed by atoms with Gasteiger partial charge in [-0.15, -0.1) is 0 Å². The molecule has 0 radical (unpaired) electrons. The first kappa shape index (κ1) is 7.11. The Morgan fingerprint density at radius 1 is 1.58 bits per heavy atom. The maximum atomic E-state index is 5.74. The van der Waals surface area contributed by atoms with Crippen molar-refractivity contribution in [3.63, 3.8) is 0 Å². The van der Waals surface area contributed by atoms with Gasteiger partial charge in [-0.1, -0.05) is 16.8 Å². The molecule has 2 aromatic heterocycles. The van der Waals surface area contributed by atoms with Gasteiger partial charge in [-0.2, -0.15) is 15.4 Å². The van der Waals surface area contributed by atoms with Crippen molar-refractivity contribution in [2.75, 3.05) is 5.73 Å². The van der Waals surface area contributed by atoms with Crippen molar-refractivity contribution >= 4 is 17.4 Å². The molecule has 62 valence electrons. The molecule has 0 aliphatic carbocycles. The fraction of sp³-hybridized carbons (Fsp3) is 0. The molecule has 2 aromatic rings. The molecule has 0 fully saturated rings. The summed E-state index contributed by atoms with van der Waals surface area (Å²) >= 11 is 5.74. The van der Waals surface area contributed by atoms with Gasteiger partial charge in [-0.25, -0.2) is 0 Å². The smallest absolute Gasteiger partial charge is 0.209 e. The molecule has 0 bridgehead atoms. The average molecular weight is 186 g/mol. The second kappa shape index (κ2) is 2.49. The van der Waals surface area contributed by atoms with E-state index in [4.69, 9.17) is 21.9 Å². The monoisotopic (exact) mass is 185 g/mol. The summed E-state index contributed by atoms with van der Waals surface area (Å²) in [5.74, 6) is 0.470. The molecule has 0 aromatic carbocycles. The Morgan fingerprint density at radius 2 is 2.42 bits per heavy atom. The van der Waals surface area contributed by atoms with Crippen molar-refractivity contribution in [2.45, 2.75) is 0 Å². The van der Waals surface area contributed by atoms with Gasteiger partial charge in [0.15, 0.2) is 11.5 Å². The fourth-order valence-corrected chi connectivity index (χ4v) is 0.927. The molecule has 0 spiro atoms. The molecule has 0 saturated heterocycles. The van der Waals surface area contributed by atoms with E-state index >= 15 is 0 Å². The Kier molecular flexibility index (Phi) is 1.47. The standard InChI is InChI=1S/C5H4ClN5O/c6-3-4(12-10-5(3)7)2-1-8-11-9-2/h1H,(H2,7,10)(H,8,9,11). The zero-order valence-corrected chi connectivity index (χ0v) is 6.54. The van der Waals surface area contributed by atoms with Crippen molar-refractivity contribution in [2.24, 2.45) is 0 Å². The minimum Gasteiger partial charge on any atom is -0.380 e. The van der Waals surface area contributed by atoms with Gasteiger partial charge in [0, 0.05) is 0 Å². The molecular weight excluding hydrogens is 182 g/mol. The first-order valence-electron chi connectivity index (χ1n) is 3.06. The Balaban J connectivity index is 2.55. The van der Waals surface area contributed by atoms with Crippen LogP contribution >= 0.6 is 11.6 Å². The van der Waals surface area contributed by atoms with E-state index in [0.29, 0.717) is 11.5 Å². The molecule has 7 heteroatoms. The maximum absolute atomic E-state index is 5.74. The van der Waals surface area contributed by atoms with E-state index in [1.807, 2.05) is 0 Å². The van der Waals surface area contributed by atoms with Crippen LogP contribution in [0.5, 0.6) is 0 Å². The lowest BCUT2D eigenvalue weighted by molar-refractivity contribution is 0.434. The van der Waals surface area contributed by atoms with E-state index in [1.54, 1.807) is 0 Å². The largest absolute Gasteiger partial charge is 0.380 e. The van der Waals surface area contributed by atoms with Crippen LogP contribution in [-0.2, 0) is 0 Å². The number of nitrogens with two attached hydrogens (primary N) is 1. The average Bonchev–Trinajstić information content (AvgIpc) is 2.64. The van der Waals surface area contributed by atoms with Crippen LogP contribution in [0, 0.1) is 0 Å². The molecule has 2 heterocycles. The van der Waals surface area contributed by atoms with Crippen LogP contribution in [0.3, 0.4) is 0 Å². The van der Waals surface area contributed by atoms with Crippen LogP contribution in [0.2, 0.25) is 5.02 Å². The molecule has 12 heavy (non-hydrogen) atoms. The Hall–Kier alpha value is -1.56. The Labute approximate surface area is 71.7 Å². The van der Waals surface area contributed by atoms with E-state index in [-0.39, 0.29) is 10.8 Å². The zero-order chi connectivity index (χ0) is 8.55. The van der Waals surface area contributed by atoms with Gasteiger partial charge in [0.2, 0.25) is 5.76 Å². The van der Waals surface area contributed by atoms with Crippen LogP contribution in [-0.4, -0.2) is 20.6 Å². The topological polar surface area (TPSA) is 93.6 Å². The first-order valence-corrected chi connectivity index (χ1v) is 3.43. The molecule has 6 nitrogen and oxygen atoms in total. The molecule has 0 saturated carbocycles. The molecule has 3 N–H and O–H groups in total. The van der Waals surface area contributed by atoms with Crippen LogP contribution in [0.4, 0.5) is 5.82 Å². The number of rotatable bonds is 1. The molecule has 0 unspecified atom stereocenters.